The zero-order valence-electron chi connectivity index (χ0n) is 15.4. The Hall–Kier alpha value is -1.88. The summed E-state index contributed by atoms with van der Waals surface area (Å²) in [5.41, 5.74) is 0.947. The van der Waals surface area contributed by atoms with Gasteiger partial charge in [0, 0.05) is 44.8 Å². The van der Waals surface area contributed by atoms with Gasteiger partial charge in [0.2, 0.25) is 5.91 Å². The smallest absolute Gasteiger partial charge is 0.253 e. The van der Waals surface area contributed by atoms with E-state index in [1.807, 2.05) is 40.1 Å². The number of carbonyl (C=O) groups excluding carboxylic acids is 2. The Labute approximate surface area is 155 Å². The Bertz CT molecular complexity index is 646. The molecule has 3 saturated heterocycles. The van der Waals surface area contributed by atoms with Crippen LogP contribution in [-0.4, -0.2) is 60.5 Å². The van der Waals surface area contributed by atoms with Crippen LogP contribution >= 0.6 is 0 Å². The van der Waals surface area contributed by atoms with E-state index in [-0.39, 0.29) is 23.3 Å². The molecule has 0 saturated carbocycles. The Morgan fingerprint density at radius 2 is 1.92 bits per heavy atom. The molecule has 0 radical (unpaired) electrons. The fourth-order valence-electron chi connectivity index (χ4n) is 4.66. The number of hydrogen-bond donors (Lipinski definition) is 0. The topological polar surface area (TPSA) is 49.9 Å². The van der Waals surface area contributed by atoms with E-state index in [1.165, 1.54) is 0 Å². The highest BCUT2D eigenvalue weighted by Crippen LogP contribution is 2.40. The molecule has 0 N–H and O–H groups in total. The number of piperidine rings is 2. The monoisotopic (exact) mass is 356 g/mol. The molecule has 2 amide bonds. The largest absolute Gasteiger partial charge is 0.376 e. The minimum atomic E-state index is 0.128. The molecule has 3 aliphatic rings. The van der Waals surface area contributed by atoms with E-state index in [4.69, 9.17) is 4.74 Å². The molecular weight excluding hydrogens is 328 g/mol. The van der Waals surface area contributed by atoms with Gasteiger partial charge in [0.15, 0.2) is 0 Å². The molecule has 0 bridgehead atoms. The van der Waals surface area contributed by atoms with E-state index in [0.717, 1.165) is 70.5 Å². The number of likely N-dealkylation sites (tertiary alicyclic amines) is 2. The van der Waals surface area contributed by atoms with Crippen LogP contribution in [0.5, 0.6) is 0 Å². The number of benzene rings is 1. The van der Waals surface area contributed by atoms with Crippen LogP contribution < -0.4 is 0 Å². The summed E-state index contributed by atoms with van der Waals surface area (Å²) in [6.45, 7) is 3.98. The van der Waals surface area contributed by atoms with Crippen molar-refractivity contribution in [2.45, 2.75) is 44.6 Å². The lowest BCUT2D eigenvalue weighted by molar-refractivity contribution is -0.141. The van der Waals surface area contributed by atoms with E-state index >= 15 is 0 Å². The first kappa shape index (κ1) is 17.5. The van der Waals surface area contributed by atoms with Gasteiger partial charge in [-0.25, -0.2) is 0 Å². The minimum Gasteiger partial charge on any atom is -0.376 e. The summed E-state index contributed by atoms with van der Waals surface area (Å²) < 4.78 is 5.73. The lowest BCUT2D eigenvalue weighted by Crippen LogP contribution is -2.53. The maximum absolute atomic E-state index is 12.7. The van der Waals surface area contributed by atoms with Crippen LogP contribution in [-0.2, 0) is 9.53 Å². The number of nitrogens with zero attached hydrogens (tertiary/aromatic N) is 2. The predicted octanol–water partition coefficient (Wildman–Crippen LogP) is 2.71. The number of rotatable bonds is 3. The normalized spacial score (nSPS) is 25.7. The molecule has 1 aromatic rings. The molecule has 3 heterocycles. The number of ether oxygens (including phenoxy) is 1. The van der Waals surface area contributed by atoms with Gasteiger partial charge >= 0.3 is 0 Å². The molecule has 140 valence electrons. The first-order valence-corrected chi connectivity index (χ1v) is 9.89. The number of amides is 2. The molecule has 0 aliphatic carbocycles. The van der Waals surface area contributed by atoms with Gasteiger partial charge in [-0.3, -0.25) is 9.59 Å². The van der Waals surface area contributed by atoms with Gasteiger partial charge in [-0.1, -0.05) is 18.2 Å². The van der Waals surface area contributed by atoms with E-state index in [2.05, 4.69) is 0 Å². The van der Waals surface area contributed by atoms with Gasteiger partial charge in [-0.15, -0.1) is 0 Å². The highest BCUT2D eigenvalue weighted by atomic mass is 16.5. The fourth-order valence-corrected chi connectivity index (χ4v) is 4.66. The molecule has 3 aliphatic heterocycles. The second-order valence-corrected chi connectivity index (χ2v) is 8.07. The zero-order chi connectivity index (χ0) is 18.0. The first-order chi connectivity index (χ1) is 12.7. The van der Waals surface area contributed by atoms with Crippen LogP contribution in [0.3, 0.4) is 0 Å². The molecule has 1 spiro atoms. The number of carbonyl (C=O) groups is 2. The van der Waals surface area contributed by atoms with E-state index < -0.39 is 0 Å². The van der Waals surface area contributed by atoms with Gasteiger partial charge in [0.25, 0.3) is 5.91 Å². The summed E-state index contributed by atoms with van der Waals surface area (Å²) in [6, 6.07) is 9.52. The number of hydrogen-bond acceptors (Lipinski definition) is 3. The third-order valence-electron chi connectivity index (χ3n) is 6.33. The Balaban J connectivity index is 1.36. The molecule has 0 unspecified atom stereocenters. The Morgan fingerprint density at radius 3 is 2.62 bits per heavy atom. The van der Waals surface area contributed by atoms with Crippen LogP contribution in [0, 0.1) is 5.41 Å². The lowest BCUT2D eigenvalue weighted by atomic mass is 9.72. The summed E-state index contributed by atoms with van der Waals surface area (Å²) in [5.74, 6) is 0.400. The summed E-state index contributed by atoms with van der Waals surface area (Å²) in [4.78, 5) is 29.0. The van der Waals surface area contributed by atoms with Gasteiger partial charge in [-0.05, 0) is 49.7 Å². The maximum Gasteiger partial charge on any atom is 0.253 e. The maximum atomic E-state index is 12.7. The van der Waals surface area contributed by atoms with Crippen molar-refractivity contribution in [3.05, 3.63) is 35.9 Å². The Morgan fingerprint density at radius 1 is 1.15 bits per heavy atom. The fraction of sp³-hybridized carbons (Fsp3) is 0.619. The minimum absolute atomic E-state index is 0.128. The van der Waals surface area contributed by atoms with Crippen LogP contribution in [0.15, 0.2) is 30.3 Å². The highest BCUT2D eigenvalue weighted by Gasteiger charge is 2.42. The molecule has 1 atom stereocenters. The standard InChI is InChI=1S/C21H28N2O3/c24-19-8-9-21(16-23(19)15-18-7-4-14-26-18)10-12-22(13-11-21)20(25)17-5-2-1-3-6-17/h1-3,5-6,18H,4,7-16H2/t18-/m1/s1. The third-order valence-corrected chi connectivity index (χ3v) is 6.33. The van der Waals surface area contributed by atoms with Crippen molar-refractivity contribution >= 4 is 11.8 Å². The zero-order valence-corrected chi connectivity index (χ0v) is 15.4. The summed E-state index contributed by atoms with van der Waals surface area (Å²) in [6.07, 6.45) is 5.96. The first-order valence-electron chi connectivity index (χ1n) is 9.89. The molecule has 5 heteroatoms. The lowest BCUT2D eigenvalue weighted by Gasteiger charge is -2.47. The average molecular weight is 356 g/mol. The summed E-state index contributed by atoms with van der Waals surface area (Å²) in [7, 11) is 0. The van der Waals surface area contributed by atoms with Gasteiger partial charge < -0.3 is 14.5 Å². The van der Waals surface area contributed by atoms with Crippen molar-refractivity contribution in [1.29, 1.82) is 0 Å². The van der Waals surface area contributed by atoms with Crippen LogP contribution in [0.25, 0.3) is 0 Å². The Kier molecular flexibility index (Phi) is 4.98. The highest BCUT2D eigenvalue weighted by molar-refractivity contribution is 5.94. The van der Waals surface area contributed by atoms with Crippen LogP contribution in [0.4, 0.5) is 0 Å². The second kappa shape index (κ2) is 7.39. The molecular formula is C21H28N2O3. The van der Waals surface area contributed by atoms with E-state index in [0.29, 0.717) is 6.42 Å². The molecule has 0 aromatic heterocycles. The van der Waals surface area contributed by atoms with E-state index in [9.17, 15) is 9.59 Å². The van der Waals surface area contributed by atoms with Crippen LogP contribution in [0.1, 0.15) is 48.9 Å². The third kappa shape index (κ3) is 3.63. The summed E-state index contributed by atoms with van der Waals surface area (Å²) >= 11 is 0. The van der Waals surface area contributed by atoms with Crippen molar-refractivity contribution in [3.8, 4) is 0 Å². The van der Waals surface area contributed by atoms with Crippen molar-refractivity contribution in [3.63, 3.8) is 0 Å². The van der Waals surface area contributed by atoms with E-state index in [1.54, 1.807) is 0 Å². The van der Waals surface area contributed by atoms with Crippen molar-refractivity contribution < 1.29 is 14.3 Å². The van der Waals surface area contributed by atoms with Crippen LogP contribution in [0.2, 0.25) is 0 Å². The van der Waals surface area contributed by atoms with Gasteiger partial charge in [0.05, 0.1) is 6.10 Å². The molecule has 1 aromatic carbocycles. The molecule has 26 heavy (non-hydrogen) atoms. The molecule has 4 rings (SSSR count). The van der Waals surface area contributed by atoms with Crippen molar-refractivity contribution in [1.82, 2.24) is 9.80 Å². The SMILES string of the molecule is O=C1CCC2(CCN(C(=O)c3ccccc3)CC2)CN1C[C@H]1CCCO1. The van der Waals surface area contributed by atoms with Gasteiger partial charge in [0.1, 0.15) is 0 Å². The molecule has 5 nitrogen and oxygen atoms in total. The molecule has 3 fully saturated rings. The quantitative estimate of drug-likeness (QED) is 0.837. The second-order valence-electron chi connectivity index (χ2n) is 8.07. The average Bonchev–Trinajstić information content (AvgIpc) is 3.19. The van der Waals surface area contributed by atoms with Crippen molar-refractivity contribution in [2.24, 2.45) is 5.41 Å². The summed E-state index contributed by atoms with van der Waals surface area (Å²) in [5, 5.41) is 0. The van der Waals surface area contributed by atoms with Gasteiger partial charge in [-0.2, -0.15) is 0 Å². The van der Waals surface area contributed by atoms with Crippen molar-refractivity contribution in [2.75, 3.05) is 32.8 Å². The predicted molar refractivity (Wildman–Crippen MR) is 98.8 cm³/mol.